The van der Waals surface area contributed by atoms with Crippen LogP contribution in [0.2, 0.25) is 0 Å². The fourth-order valence-corrected chi connectivity index (χ4v) is 4.57. The molecule has 118 valence electrons. The second-order valence-electron chi connectivity index (χ2n) is 4.80. The Balaban J connectivity index is 2.25. The Hall–Kier alpha value is -1.31. The van der Waals surface area contributed by atoms with Crippen molar-refractivity contribution in [3.8, 4) is 0 Å². The first kappa shape index (κ1) is 17.1. The van der Waals surface area contributed by atoms with Crippen molar-refractivity contribution in [2.45, 2.75) is 23.0 Å². The molecule has 0 radical (unpaired) electrons. The van der Waals surface area contributed by atoms with Gasteiger partial charge in [0.15, 0.2) is 0 Å². The van der Waals surface area contributed by atoms with Crippen molar-refractivity contribution in [1.29, 1.82) is 0 Å². The number of hydrazone groups is 1. The lowest BCUT2D eigenvalue weighted by Crippen LogP contribution is -2.21. The molecule has 0 fully saturated rings. The zero-order valence-electron chi connectivity index (χ0n) is 12.9. The van der Waals surface area contributed by atoms with E-state index in [4.69, 9.17) is 0 Å². The predicted molar refractivity (Wildman–Crippen MR) is 94.6 cm³/mol. The largest absolute Gasteiger partial charge is 0.278 e. The van der Waals surface area contributed by atoms with E-state index in [-0.39, 0.29) is 4.90 Å². The van der Waals surface area contributed by atoms with E-state index >= 15 is 0 Å². The van der Waals surface area contributed by atoms with Gasteiger partial charge in [0.05, 0.1) is 15.3 Å². The Morgan fingerprint density at radius 2 is 1.86 bits per heavy atom. The van der Waals surface area contributed by atoms with Gasteiger partial charge >= 0.3 is 0 Å². The highest BCUT2D eigenvalue weighted by molar-refractivity contribution is 8.00. The number of sulfonamides is 1. The third-order valence-electron chi connectivity index (χ3n) is 3.06. The van der Waals surface area contributed by atoms with Crippen LogP contribution >= 0.6 is 23.1 Å². The van der Waals surface area contributed by atoms with E-state index in [0.717, 1.165) is 19.8 Å². The maximum absolute atomic E-state index is 12.4. The van der Waals surface area contributed by atoms with Crippen LogP contribution < -0.4 is 0 Å². The molecule has 0 N–H and O–H groups in total. The summed E-state index contributed by atoms with van der Waals surface area (Å²) in [6.07, 6.45) is 3.59. The molecule has 0 saturated carbocycles. The first-order chi connectivity index (χ1) is 10.3. The van der Waals surface area contributed by atoms with E-state index < -0.39 is 10.0 Å². The van der Waals surface area contributed by atoms with Crippen molar-refractivity contribution in [3.63, 3.8) is 0 Å². The molecule has 1 aromatic carbocycles. The van der Waals surface area contributed by atoms with E-state index in [1.807, 2.05) is 26.2 Å². The quantitative estimate of drug-likeness (QED) is 0.467. The molecular weight excluding hydrogens is 336 g/mol. The van der Waals surface area contributed by atoms with E-state index in [1.165, 1.54) is 11.9 Å². The maximum atomic E-state index is 12.4. The van der Waals surface area contributed by atoms with Gasteiger partial charge in [-0.25, -0.2) is 0 Å². The Morgan fingerprint density at radius 3 is 2.45 bits per heavy atom. The third-order valence-corrected chi connectivity index (χ3v) is 6.93. The average molecular weight is 355 g/mol. The number of thioether (sulfide) groups is 1. The fraction of sp³-hybridized carbons (Fsp3) is 0.267. The van der Waals surface area contributed by atoms with Gasteiger partial charge in [0.2, 0.25) is 0 Å². The van der Waals surface area contributed by atoms with Crippen LogP contribution in [0.1, 0.15) is 16.0 Å². The van der Waals surface area contributed by atoms with Gasteiger partial charge < -0.3 is 0 Å². The highest BCUT2D eigenvalue weighted by Crippen LogP contribution is 2.29. The Morgan fingerprint density at radius 1 is 1.23 bits per heavy atom. The summed E-state index contributed by atoms with van der Waals surface area (Å²) in [5, 5.41) is 4.10. The normalized spacial score (nSPS) is 12.0. The van der Waals surface area contributed by atoms with Crippen LogP contribution in [0.25, 0.3) is 0 Å². The zero-order chi connectivity index (χ0) is 16.3. The number of aryl methyl sites for hydroxylation is 2. The zero-order valence-corrected chi connectivity index (χ0v) is 15.3. The van der Waals surface area contributed by atoms with Crippen LogP contribution in [0.5, 0.6) is 0 Å². The molecule has 0 spiro atoms. The Bertz CT molecular complexity index is 778. The number of benzene rings is 1. The van der Waals surface area contributed by atoms with Gasteiger partial charge in [0, 0.05) is 17.5 Å². The number of rotatable bonds is 5. The molecule has 0 atom stereocenters. The number of nitrogens with zero attached hydrogens (tertiary/aromatic N) is 2. The highest BCUT2D eigenvalue weighted by Gasteiger charge is 2.18. The SMILES string of the molecule is CSc1sc(C)cc1/C=N/N(C)S(=O)(=O)c1ccc(C)cc1. The van der Waals surface area contributed by atoms with Crippen molar-refractivity contribution in [3.05, 3.63) is 46.3 Å². The molecule has 2 aromatic rings. The Labute approximate surface area is 139 Å². The molecule has 2 rings (SSSR count). The summed E-state index contributed by atoms with van der Waals surface area (Å²) in [6, 6.07) is 8.75. The second-order valence-corrected chi connectivity index (χ2v) is 9.08. The summed E-state index contributed by atoms with van der Waals surface area (Å²) < 4.78 is 27.0. The Kier molecular flexibility index (Phi) is 5.31. The lowest BCUT2D eigenvalue weighted by Gasteiger charge is -2.13. The van der Waals surface area contributed by atoms with Crippen molar-refractivity contribution < 1.29 is 8.42 Å². The van der Waals surface area contributed by atoms with Crippen LogP contribution in [0.4, 0.5) is 0 Å². The molecule has 0 aliphatic carbocycles. The monoisotopic (exact) mass is 354 g/mol. The highest BCUT2D eigenvalue weighted by atomic mass is 32.2. The molecule has 7 heteroatoms. The second kappa shape index (κ2) is 6.85. The molecule has 0 unspecified atom stereocenters. The van der Waals surface area contributed by atoms with Crippen molar-refractivity contribution in [2.24, 2.45) is 5.10 Å². The first-order valence-electron chi connectivity index (χ1n) is 6.58. The van der Waals surface area contributed by atoms with Crippen LogP contribution in [0.3, 0.4) is 0 Å². The van der Waals surface area contributed by atoms with Crippen LogP contribution in [-0.4, -0.2) is 32.4 Å². The van der Waals surface area contributed by atoms with Crippen LogP contribution in [-0.2, 0) is 10.0 Å². The van der Waals surface area contributed by atoms with E-state index in [1.54, 1.807) is 53.6 Å². The smallest absolute Gasteiger partial charge is 0.200 e. The fourth-order valence-electron chi connectivity index (χ4n) is 1.83. The molecule has 0 aliphatic rings. The van der Waals surface area contributed by atoms with Crippen LogP contribution in [0, 0.1) is 13.8 Å². The topological polar surface area (TPSA) is 49.7 Å². The molecule has 22 heavy (non-hydrogen) atoms. The molecule has 0 aliphatic heterocycles. The first-order valence-corrected chi connectivity index (χ1v) is 10.1. The van der Waals surface area contributed by atoms with Gasteiger partial charge in [-0.15, -0.1) is 23.1 Å². The molecule has 0 bridgehead atoms. The summed E-state index contributed by atoms with van der Waals surface area (Å²) in [5.41, 5.74) is 1.96. The van der Waals surface area contributed by atoms with E-state index in [0.29, 0.717) is 0 Å². The van der Waals surface area contributed by atoms with Gasteiger partial charge in [-0.05, 0) is 38.3 Å². The lowest BCUT2D eigenvalue weighted by atomic mass is 10.2. The standard InChI is InChI=1S/C15H18N2O2S3/c1-11-5-7-14(8-6-11)22(18,19)17(3)16-10-13-9-12(2)21-15(13)20-4/h5-10H,1-4H3/b16-10+. The van der Waals surface area contributed by atoms with E-state index in [2.05, 4.69) is 5.10 Å². The van der Waals surface area contributed by atoms with E-state index in [9.17, 15) is 8.42 Å². The van der Waals surface area contributed by atoms with Crippen molar-refractivity contribution >= 4 is 39.3 Å². The number of thiophene rings is 1. The summed E-state index contributed by atoms with van der Waals surface area (Å²) in [5.74, 6) is 0. The molecular formula is C15H18N2O2S3. The molecule has 0 amide bonds. The van der Waals surface area contributed by atoms with Gasteiger partial charge in [-0.1, -0.05) is 17.7 Å². The summed E-state index contributed by atoms with van der Waals surface area (Å²) in [6.45, 7) is 3.94. The summed E-state index contributed by atoms with van der Waals surface area (Å²) >= 11 is 3.31. The summed E-state index contributed by atoms with van der Waals surface area (Å²) in [4.78, 5) is 1.42. The number of hydrogen-bond donors (Lipinski definition) is 0. The van der Waals surface area contributed by atoms with Gasteiger partial charge in [0.1, 0.15) is 0 Å². The van der Waals surface area contributed by atoms with Crippen molar-refractivity contribution in [1.82, 2.24) is 4.41 Å². The lowest BCUT2D eigenvalue weighted by molar-refractivity contribution is 0.491. The molecule has 4 nitrogen and oxygen atoms in total. The summed E-state index contributed by atoms with van der Waals surface area (Å²) in [7, 11) is -2.16. The third kappa shape index (κ3) is 3.71. The van der Waals surface area contributed by atoms with Gasteiger partial charge in [-0.2, -0.15) is 17.9 Å². The van der Waals surface area contributed by atoms with Crippen molar-refractivity contribution in [2.75, 3.05) is 13.3 Å². The minimum Gasteiger partial charge on any atom is -0.200 e. The predicted octanol–water partition coefficient (Wildman–Crippen LogP) is 3.74. The van der Waals surface area contributed by atoms with Gasteiger partial charge in [0.25, 0.3) is 10.0 Å². The average Bonchev–Trinajstić information content (AvgIpc) is 2.85. The molecule has 1 heterocycles. The molecule has 1 aromatic heterocycles. The van der Waals surface area contributed by atoms with Crippen LogP contribution in [0.15, 0.2) is 44.5 Å². The maximum Gasteiger partial charge on any atom is 0.278 e. The molecule has 0 saturated heterocycles. The number of hydrogen-bond acceptors (Lipinski definition) is 5. The minimum absolute atomic E-state index is 0.240. The van der Waals surface area contributed by atoms with Gasteiger partial charge in [-0.3, -0.25) is 0 Å². The minimum atomic E-state index is -3.61.